The van der Waals surface area contributed by atoms with Gasteiger partial charge in [-0.1, -0.05) is 25.3 Å². The number of nitrogens with one attached hydrogen (secondary N) is 1. The van der Waals surface area contributed by atoms with Crippen molar-refractivity contribution in [3.8, 4) is 0 Å². The smallest absolute Gasteiger partial charge is 0.243 e. The molecule has 0 radical (unpaired) electrons. The van der Waals surface area contributed by atoms with E-state index in [9.17, 15) is 9.59 Å². The van der Waals surface area contributed by atoms with Crippen molar-refractivity contribution in [3.05, 3.63) is 102 Å². The van der Waals surface area contributed by atoms with Gasteiger partial charge in [-0.05, 0) is 85.8 Å². The maximum absolute atomic E-state index is 12.8. The zero-order chi connectivity index (χ0) is 22.9. The Bertz CT molecular complexity index is 999. The van der Waals surface area contributed by atoms with Gasteiger partial charge in [0.25, 0.3) is 0 Å². The van der Waals surface area contributed by atoms with Crippen LogP contribution in [-0.4, -0.2) is 40.7 Å². The van der Waals surface area contributed by atoms with Crippen molar-refractivity contribution in [2.45, 2.75) is 38.6 Å². The first-order chi connectivity index (χ1) is 15.5. The number of amides is 1. The molecule has 1 N–H and O–H groups in total. The highest BCUT2D eigenvalue weighted by Crippen LogP contribution is 2.29. The van der Waals surface area contributed by atoms with Crippen molar-refractivity contribution in [2.24, 2.45) is 0 Å². The predicted octanol–water partition coefficient (Wildman–Crippen LogP) is 4.23. The Kier molecular flexibility index (Phi) is 8.14. The van der Waals surface area contributed by atoms with E-state index in [1.807, 2.05) is 31.3 Å². The SMILES string of the molecule is C=CC(=O)NC1CCN(C2=CC(=C)C(CCCc3cccnc3)=C(C(=O)/C=C/C)C=C2)C1. The van der Waals surface area contributed by atoms with E-state index in [0.717, 1.165) is 55.6 Å². The van der Waals surface area contributed by atoms with Crippen molar-refractivity contribution in [1.29, 1.82) is 0 Å². The lowest BCUT2D eigenvalue weighted by Gasteiger charge is -2.20. The summed E-state index contributed by atoms with van der Waals surface area (Å²) in [7, 11) is 0. The molecule has 1 unspecified atom stereocenters. The summed E-state index contributed by atoms with van der Waals surface area (Å²) in [4.78, 5) is 30.9. The highest BCUT2D eigenvalue weighted by atomic mass is 16.1. The minimum atomic E-state index is -0.150. The van der Waals surface area contributed by atoms with Gasteiger partial charge in [-0.3, -0.25) is 14.6 Å². The van der Waals surface area contributed by atoms with Crippen LogP contribution in [0.4, 0.5) is 0 Å². The zero-order valence-corrected chi connectivity index (χ0v) is 18.7. The van der Waals surface area contributed by atoms with E-state index in [0.29, 0.717) is 5.57 Å². The molecule has 5 nitrogen and oxygen atoms in total. The molecule has 32 heavy (non-hydrogen) atoms. The monoisotopic (exact) mass is 429 g/mol. The fraction of sp³-hybridized carbons (Fsp3) is 0.296. The van der Waals surface area contributed by atoms with Gasteiger partial charge >= 0.3 is 0 Å². The molecule has 0 spiro atoms. The summed E-state index contributed by atoms with van der Waals surface area (Å²) in [6.45, 7) is 11.2. The van der Waals surface area contributed by atoms with Crippen LogP contribution >= 0.6 is 0 Å². The number of likely N-dealkylation sites (tertiary alicyclic amines) is 1. The maximum atomic E-state index is 12.8. The molecule has 1 atom stereocenters. The Balaban J connectivity index is 1.76. The second-order valence-electron chi connectivity index (χ2n) is 8.04. The molecule has 3 rings (SSSR count). The number of hydrogen-bond donors (Lipinski definition) is 1. The molecular weight excluding hydrogens is 398 g/mol. The van der Waals surface area contributed by atoms with E-state index in [4.69, 9.17) is 0 Å². The van der Waals surface area contributed by atoms with Gasteiger partial charge in [-0.15, -0.1) is 0 Å². The van der Waals surface area contributed by atoms with Crippen LogP contribution in [0.3, 0.4) is 0 Å². The second-order valence-corrected chi connectivity index (χ2v) is 8.04. The summed E-state index contributed by atoms with van der Waals surface area (Å²) in [5, 5.41) is 2.97. The summed E-state index contributed by atoms with van der Waals surface area (Å²) < 4.78 is 0. The van der Waals surface area contributed by atoms with Gasteiger partial charge < -0.3 is 10.2 Å². The van der Waals surface area contributed by atoms with Gasteiger partial charge in [0.05, 0.1) is 0 Å². The van der Waals surface area contributed by atoms with Gasteiger partial charge in [-0.2, -0.15) is 0 Å². The molecule has 2 aliphatic rings. The Morgan fingerprint density at radius 1 is 1.31 bits per heavy atom. The van der Waals surface area contributed by atoms with Gasteiger partial charge in [0, 0.05) is 42.8 Å². The summed E-state index contributed by atoms with van der Waals surface area (Å²) in [6, 6.07) is 4.10. The topological polar surface area (TPSA) is 62.3 Å². The van der Waals surface area contributed by atoms with Crippen LogP contribution in [-0.2, 0) is 16.0 Å². The zero-order valence-electron chi connectivity index (χ0n) is 18.7. The molecule has 5 heteroatoms. The van der Waals surface area contributed by atoms with E-state index in [-0.39, 0.29) is 17.7 Å². The number of ketones is 1. The minimum Gasteiger partial charge on any atom is -0.369 e. The number of carbonyl (C=O) groups is 2. The predicted molar refractivity (Wildman–Crippen MR) is 129 cm³/mol. The first-order valence-electron chi connectivity index (χ1n) is 11.1. The first-order valence-corrected chi connectivity index (χ1v) is 11.1. The molecule has 1 aromatic rings. The van der Waals surface area contributed by atoms with Crippen molar-refractivity contribution in [3.63, 3.8) is 0 Å². The van der Waals surface area contributed by atoms with Crippen LogP contribution in [0.25, 0.3) is 0 Å². The van der Waals surface area contributed by atoms with Crippen LogP contribution in [0, 0.1) is 0 Å². The molecular formula is C27H31N3O2. The lowest BCUT2D eigenvalue weighted by molar-refractivity contribution is -0.117. The molecule has 2 heterocycles. The van der Waals surface area contributed by atoms with Gasteiger partial charge in [0.1, 0.15) is 0 Å². The third-order valence-electron chi connectivity index (χ3n) is 5.74. The lowest BCUT2D eigenvalue weighted by atomic mass is 9.93. The average Bonchev–Trinajstić information content (AvgIpc) is 3.19. The average molecular weight is 430 g/mol. The summed E-state index contributed by atoms with van der Waals surface area (Å²) in [5.41, 5.74) is 4.74. The summed E-state index contributed by atoms with van der Waals surface area (Å²) >= 11 is 0. The quantitative estimate of drug-likeness (QED) is 0.597. The van der Waals surface area contributed by atoms with Crippen LogP contribution in [0.1, 0.15) is 31.7 Å². The van der Waals surface area contributed by atoms with Crippen LogP contribution < -0.4 is 5.32 Å². The van der Waals surface area contributed by atoms with E-state index in [1.54, 1.807) is 18.3 Å². The standard InChI is InChI=1S/C27H31N3O2/c1-4-8-26(31)25-13-12-23(30-16-14-22(19-30)29-27(32)5-2)17-20(3)24(25)11-6-9-21-10-7-15-28-18-21/h4-5,7-8,10,12-13,15,17-18,22H,2-3,6,9,11,14,16,19H2,1H3,(H,29,32)/b8-4+. The number of aromatic nitrogens is 1. The Labute approximate surface area is 190 Å². The van der Waals surface area contributed by atoms with Crippen molar-refractivity contribution in [2.75, 3.05) is 13.1 Å². The molecule has 0 aromatic carbocycles. The highest BCUT2D eigenvalue weighted by molar-refractivity contribution is 6.07. The summed E-state index contributed by atoms with van der Waals surface area (Å²) in [6.07, 6.45) is 17.7. The molecule has 1 saturated heterocycles. The number of allylic oxidation sites excluding steroid dienone is 8. The fourth-order valence-corrected chi connectivity index (χ4v) is 4.11. The number of nitrogens with zero attached hydrogens (tertiary/aromatic N) is 2. The fourth-order valence-electron chi connectivity index (χ4n) is 4.11. The lowest BCUT2D eigenvalue weighted by Crippen LogP contribution is -2.35. The molecule has 1 aromatic heterocycles. The molecule has 0 bridgehead atoms. The van der Waals surface area contributed by atoms with E-state index >= 15 is 0 Å². The summed E-state index contributed by atoms with van der Waals surface area (Å²) in [5.74, 6) is -0.156. The highest BCUT2D eigenvalue weighted by Gasteiger charge is 2.25. The van der Waals surface area contributed by atoms with Gasteiger partial charge in [-0.25, -0.2) is 0 Å². The number of hydrogen-bond acceptors (Lipinski definition) is 4. The normalized spacial score (nSPS) is 18.7. The Morgan fingerprint density at radius 2 is 2.16 bits per heavy atom. The minimum absolute atomic E-state index is 0.00604. The van der Waals surface area contributed by atoms with Crippen LogP contribution in [0.5, 0.6) is 0 Å². The number of pyridine rings is 1. The Morgan fingerprint density at radius 3 is 2.88 bits per heavy atom. The van der Waals surface area contributed by atoms with E-state index in [2.05, 4.69) is 40.5 Å². The molecule has 1 aliphatic carbocycles. The molecule has 1 fully saturated rings. The third-order valence-corrected chi connectivity index (χ3v) is 5.74. The second kappa shape index (κ2) is 11.2. The first kappa shape index (κ1) is 23.2. The van der Waals surface area contributed by atoms with E-state index in [1.165, 1.54) is 11.6 Å². The van der Waals surface area contributed by atoms with Crippen molar-refractivity contribution >= 4 is 11.7 Å². The third kappa shape index (κ3) is 6.03. The number of rotatable bonds is 9. The van der Waals surface area contributed by atoms with Gasteiger partial charge in [0.15, 0.2) is 5.78 Å². The maximum Gasteiger partial charge on any atom is 0.243 e. The molecule has 166 valence electrons. The largest absolute Gasteiger partial charge is 0.369 e. The number of aryl methyl sites for hydroxylation is 1. The van der Waals surface area contributed by atoms with Crippen LogP contribution in [0.15, 0.2) is 96.6 Å². The Hall–Kier alpha value is -3.47. The number of carbonyl (C=O) groups excluding carboxylic acids is 2. The molecule has 0 saturated carbocycles. The van der Waals surface area contributed by atoms with Crippen LogP contribution in [0.2, 0.25) is 0 Å². The van der Waals surface area contributed by atoms with Crippen molar-refractivity contribution in [1.82, 2.24) is 15.2 Å². The molecule has 1 aliphatic heterocycles. The van der Waals surface area contributed by atoms with Crippen molar-refractivity contribution < 1.29 is 9.59 Å². The molecule has 1 amide bonds. The van der Waals surface area contributed by atoms with E-state index < -0.39 is 0 Å². The van der Waals surface area contributed by atoms with Gasteiger partial charge in [0.2, 0.25) is 5.91 Å².